The molecule has 1 atom stereocenters. The van der Waals surface area contributed by atoms with Crippen molar-refractivity contribution >= 4 is 16.9 Å². The summed E-state index contributed by atoms with van der Waals surface area (Å²) in [6.45, 7) is 7.21. The second kappa shape index (κ2) is 7.07. The van der Waals surface area contributed by atoms with Gasteiger partial charge in [-0.2, -0.15) is 0 Å². The van der Waals surface area contributed by atoms with Crippen molar-refractivity contribution in [2.45, 2.75) is 33.8 Å². The Labute approximate surface area is 150 Å². The number of fused-ring (bicyclic) bond motifs is 1. The zero-order chi connectivity index (χ0) is 18.8. The number of hydrogen-bond donors (Lipinski definition) is 0. The molecular formula is C20H20O6. The van der Waals surface area contributed by atoms with Crippen molar-refractivity contribution in [3.05, 3.63) is 51.9 Å². The second-order valence-electron chi connectivity index (χ2n) is 6.04. The maximum Gasteiger partial charge on any atom is 0.347 e. The molecular weight excluding hydrogens is 336 g/mol. The number of hydrogen-bond acceptors (Lipinski definition) is 6. The van der Waals surface area contributed by atoms with Crippen LogP contribution in [0.4, 0.5) is 0 Å². The van der Waals surface area contributed by atoms with Crippen LogP contribution >= 0.6 is 0 Å². The zero-order valence-corrected chi connectivity index (χ0v) is 15.1. The van der Waals surface area contributed by atoms with E-state index in [1.165, 1.54) is 13.2 Å². The predicted octanol–water partition coefficient (Wildman–Crippen LogP) is 4.00. The van der Waals surface area contributed by atoms with Crippen LogP contribution < -0.4 is 10.2 Å². The topological polar surface area (TPSA) is 78.9 Å². The van der Waals surface area contributed by atoms with Crippen LogP contribution in [0.1, 0.15) is 25.0 Å². The summed E-state index contributed by atoms with van der Waals surface area (Å²) in [5.74, 6) is -0.138. The molecule has 0 fully saturated rings. The van der Waals surface area contributed by atoms with Gasteiger partial charge < -0.3 is 18.3 Å². The molecule has 0 bridgehead atoms. The van der Waals surface area contributed by atoms with Crippen molar-refractivity contribution in [2.75, 3.05) is 6.61 Å². The van der Waals surface area contributed by atoms with Crippen LogP contribution in [0.15, 0.2) is 44.2 Å². The van der Waals surface area contributed by atoms with Gasteiger partial charge in [-0.3, -0.25) is 4.79 Å². The molecule has 3 aromatic rings. The minimum absolute atomic E-state index is 0.0713. The van der Waals surface area contributed by atoms with Crippen molar-refractivity contribution < 1.29 is 23.1 Å². The molecule has 0 radical (unpaired) electrons. The van der Waals surface area contributed by atoms with Gasteiger partial charge in [0.15, 0.2) is 11.9 Å². The molecule has 1 aromatic carbocycles. The maximum absolute atomic E-state index is 13.1. The average Bonchev–Trinajstić information content (AvgIpc) is 3.12. The summed E-state index contributed by atoms with van der Waals surface area (Å²) in [5.41, 5.74) is 1.86. The largest absolute Gasteiger partial charge is 0.471 e. The van der Waals surface area contributed by atoms with E-state index < -0.39 is 12.1 Å². The predicted molar refractivity (Wildman–Crippen MR) is 96.4 cm³/mol. The summed E-state index contributed by atoms with van der Waals surface area (Å²) in [4.78, 5) is 25.0. The van der Waals surface area contributed by atoms with E-state index in [-0.39, 0.29) is 23.5 Å². The molecule has 0 N–H and O–H groups in total. The lowest BCUT2D eigenvalue weighted by Crippen LogP contribution is -2.28. The molecule has 136 valence electrons. The normalized spacial score (nSPS) is 12.2. The van der Waals surface area contributed by atoms with Crippen molar-refractivity contribution in [3.8, 4) is 17.3 Å². The first-order valence-corrected chi connectivity index (χ1v) is 8.37. The van der Waals surface area contributed by atoms with Gasteiger partial charge in [-0.1, -0.05) is 6.07 Å². The van der Waals surface area contributed by atoms with Crippen molar-refractivity contribution in [2.24, 2.45) is 0 Å². The lowest BCUT2D eigenvalue weighted by atomic mass is 10.1. The summed E-state index contributed by atoms with van der Waals surface area (Å²) in [7, 11) is 0. The van der Waals surface area contributed by atoms with E-state index in [0.29, 0.717) is 16.7 Å². The van der Waals surface area contributed by atoms with E-state index in [4.69, 9.17) is 18.3 Å². The van der Waals surface area contributed by atoms with Crippen LogP contribution in [0.25, 0.3) is 22.5 Å². The lowest BCUT2D eigenvalue weighted by molar-refractivity contribution is -0.150. The van der Waals surface area contributed by atoms with E-state index in [1.54, 1.807) is 25.1 Å². The standard InChI is InChI=1S/C20H20O6/c1-5-23-20(22)13(4)25-19-16(21)14-10-11(2)9-12(3)17(14)26-18(19)15-7-6-8-24-15/h6-10,13H,5H2,1-4H3/t13-/m1/s1. The van der Waals surface area contributed by atoms with Gasteiger partial charge in [0.25, 0.3) is 0 Å². The van der Waals surface area contributed by atoms with Crippen molar-refractivity contribution in [3.63, 3.8) is 0 Å². The van der Waals surface area contributed by atoms with Gasteiger partial charge in [0.1, 0.15) is 5.58 Å². The quantitative estimate of drug-likeness (QED) is 0.643. The van der Waals surface area contributed by atoms with Crippen molar-refractivity contribution in [1.82, 2.24) is 0 Å². The third kappa shape index (κ3) is 3.22. The Morgan fingerprint density at radius 3 is 2.69 bits per heavy atom. The van der Waals surface area contributed by atoms with Gasteiger partial charge in [0.05, 0.1) is 18.3 Å². The molecule has 3 rings (SSSR count). The Morgan fingerprint density at radius 2 is 2.04 bits per heavy atom. The van der Waals surface area contributed by atoms with Gasteiger partial charge >= 0.3 is 5.97 Å². The summed E-state index contributed by atoms with van der Waals surface area (Å²) < 4.78 is 22.0. The third-order valence-electron chi connectivity index (χ3n) is 3.94. The molecule has 0 aliphatic heterocycles. The van der Waals surface area contributed by atoms with Gasteiger partial charge in [-0.15, -0.1) is 0 Å². The highest BCUT2D eigenvalue weighted by atomic mass is 16.6. The Bertz CT molecular complexity index is 997. The molecule has 0 spiro atoms. The van der Waals surface area contributed by atoms with Gasteiger partial charge in [-0.25, -0.2) is 4.79 Å². The molecule has 0 aliphatic carbocycles. The van der Waals surface area contributed by atoms with E-state index in [2.05, 4.69) is 0 Å². The first kappa shape index (κ1) is 17.8. The fourth-order valence-corrected chi connectivity index (χ4v) is 2.79. The highest BCUT2D eigenvalue weighted by Crippen LogP contribution is 2.33. The highest BCUT2D eigenvalue weighted by Gasteiger charge is 2.25. The van der Waals surface area contributed by atoms with Crippen LogP contribution in [-0.4, -0.2) is 18.7 Å². The maximum atomic E-state index is 13.1. The first-order chi connectivity index (χ1) is 12.4. The minimum Gasteiger partial charge on any atom is -0.471 e. The average molecular weight is 356 g/mol. The molecule has 6 heteroatoms. The first-order valence-electron chi connectivity index (χ1n) is 8.37. The molecule has 6 nitrogen and oxygen atoms in total. The number of carbonyl (C=O) groups is 1. The number of benzene rings is 1. The van der Waals surface area contributed by atoms with E-state index in [9.17, 15) is 9.59 Å². The van der Waals surface area contributed by atoms with Gasteiger partial charge in [0.2, 0.25) is 16.9 Å². The molecule has 0 amide bonds. The number of esters is 1. The molecule has 2 aromatic heterocycles. The van der Waals surface area contributed by atoms with E-state index >= 15 is 0 Å². The highest BCUT2D eigenvalue weighted by molar-refractivity contribution is 5.84. The number of carbonyl (C=O) groups excluding carboxylic acids is 1. The minimum atomic E-state index is -0.963. The molecule has 26 heavy (non-hydrogen) atoms. The lowest BCUT2D eigenvalue weighted by Gasteiger charge is -2.15. The number of rotatable bonds is 5. The van der Waals surface area contributed by atoms with Crippen LogP contribution in [0.2, 0.25) is 0 Å². The van der Waals surface area contributed by atoms with Gasteiger partial charge in [0, 0.05) is 0 Å². The number of furan rings is 1. The smallest absolute Gasteiger partial charge is 0.347 e. The number of aryl methyl sites for hydroxylation is 2. The summed E-state index contributed by atoms with van der Waals surface area (Å²) in [5, 5.41) is 0.392. The summed E-state index contributed by atoms with van der Waals surface area (Å²) in [6, 6.07) is 7.01. The van der Waals surface area contributed by atoms with Crippen LogP contribution in [0, 0.1) is 13.8 Å². The molecule has 0 aliphatic rings. The van der Waals surface area contributed by atoms with Crippen LogP contribution in [0.3, 0.4) is 0 Å². The fraction of sp³-hybridized carbons (Fsp3) is 0.300. The summed E-state index contributed by atoms with van der Waals surface area (Å²) in [6.07, 6.45) is 0.509. The van der Waals surface area contributed by atoms with Crippen LogP contribution in [0.5, 0.6) is 5.75 Å². The molecule has 2 heterocycles. The fourth-order valence-electron chi connectivity index (χ4n) is 2.79. The van der Waals surface area contributed by atoms with Gasteiger partial charge in [-0.05, 0) is 57.0 Å². The monoisotopic (exact) mass is 356 g/mol. The van der Waals surface area contributed by atoms with Crippen molar-refractivity contribution in [1.29, 1.82) is 0 Å². The second-order valence-corrected chi connectivity index (χ2v) is 6.04. The Kier molecular flexibility index (Phi) is 4.84. The van der Waals surface area contributed by atoms with E-state index in [1.807, 2.05) is 19.9 Å². The molecule has 0 unspecified atom stereocenters. The Balaban J connectivity index is 2.22. The molecule has 0 saturated heterocycles. The number of ether oxygens (including phenoxy) is 2. The Morgan fingerprint density at radius 1 is 1.27 bits per heavy atom. The SMILES string of the molecule is CCOC(=O)[C@@H](C)Oc1c(-c2ccco2)oc2c(C)cc(C)cc2c1=O. The third-order valence-corrected chi connectivity index (χ3v) is 3.94. The van der Waals surface area contributed by atoms with E-state index in [0.717, 1.165) is 11.1 Å². The Hall–Kier alpha value is -3.02. The summed E-state index contributed by atoms with van der Waals surface area (Å²) >= 11 is 0. The van der Waals surface area contributed by atoms with Crippen LogP contribution in [-0.2, 0) is 9.53 Å². The molecule has 0 saturated carbocycles. The zero-order valence-electron chi connectivity index (χ0n) is 15.1.